The molecular weight excluding hydrogens is 254 g/mol. The first-order valence-electron chi connectivity index (χ1n) is 7.23. The Morgan fingerprint density at radius 3 is 3.00 bits per heavy atom. The van der Waals surface area contributed by atoms with Crippen LogP contribution in [0.1, 0.15) is 44.3 Å². The molecular formula is C15H23N3O2. The number of pyridine rings is 1. The summed E-state index contributed by atoms with van der Waals surface area (Å²) in [5.74, 6) is 0.734. The average molecular weight is 277 g/mol. The first-order chi connectivity index (χ1) is 9.67. The Labute approximate surface area is 120 Å². The highest BCUT2D eigenvalue weighted by atomic mass is 16.5. The lowest BCUT2D eigenvalue weighted by Gasteiger charge is -2.33. The molecule has 0 aliphatic carbocycles. The normalized spacial score (nSPS) is 23.6. The number of carbonyl (C=O) groups excluding carboxylic acids is 1. The minimum atomic E-state index is -0.153. The number of carbonyl (C=O) groups is 1. The zero-order valence-corrected chi connectivity index (χ0v) is 12.2. The Kier molecular flexibility index (Phi) is 4.95. The van der Waals surface area contributed by atoms with Crippen LogP contribution in [0, 0.1) is 0 Å². The van der Waals surface area contributed by atoms with Gasteiger partial charge in [-0.25, -0.2) is 4.98 Å². The summed E-state index contributed by atoms with van der Waals surface area (Å²) in [7, 11) is 1.59. The Morgan fingerprint density at radius 2 is 2.30 bits per heavy atom. The van der Waals surface area contributed by atoms with Crippen LogP contribution < -0.4 is 10.5 Å². The fourth-order valence-electron chi connectivity index (χ4n) is 2.77. The lowest BCUT2D eigenvalue weighted by molar-refractivity contribution is -0.133. The van der Waals surface area contributed by atoms with Crippen LogP contribution in [0.25, 0.3) is 0 Å². The van der Waals surface area contributed by atoms with Gasteiger partial charge in [-0.05, 0) is 25.3 Å². The third kappa shape index (κ3) is 3.10. The van der Waals surface area contributed by atoms with Gasteiger partial charge in [-0.2, -0.15) is 0 Å². The van der Waals surface area contributed by atoms with E-state index in [4.69, 9.17) is 10.5 Å². The van der Waals surface area contributed by atoms with Crippen molar-refractivity contribution in [3.05, 3.63) is 23.9 Å². The van der Waals surface area contributed by atoms with E-state index in [9.17, 15) is 4.79 Å². The number of rotatable bonds is 4. The maximum Gasteiger partial charge on any atom is 0.223 e. The van der Waals surface area contributed by atoms with E-state index in [1.165, 1.54) is 0 Å². The summed E-state index contributed by atoms with van der Waals surface area (Å²) in [5.41, 5.74) is 7.13. The fourth-order valence-corrected chi connectivity index (χ4v) is 2.77. The highest BCUT2D eigenvalue weighted by molar-refractivity contribution is 5.77. The number of hydrogen-bond donors (Lipinski definition) is 1. The molecule has 0 radical (unpaired) electrons. The van der Waals surface area contributed by atoms with E-state index in [-0.39, 0.29) is 18.0 Å². The van der Waals surface area contributed by atoms with Crippen molar-refractivity contribution in [3.63, 3.8) is 0 Å². The van der Waals surface area contributed by atoms with Crippen LogP contribution in [0.3, 0.4) is 0 Å². The van der Waals surface area contributed by atoms with E-state index in [1.54, 1.807) is 13.2 Å². The van der Waals surface area contributed by atoms with Crippen molar-refractivity contribution in [3.8, 4) is 5.88 Å². The Bertz CT molecular complexity index is 464. The quantitative estimate of drug-likeness (QED) is 0.912. The van der Waals surface area contributed by atoms with Crippen LogP contribution >= 0.6 is 0 Å². The molecule has 1 amide bonds. The van der Waals surface area contributed by atoms with Gasteiger partial charge >= 0.3 is 0 Å². The minimum Gasteiger partial charge on any atom is -0.481 e. The van der Waals surface area contributed by atoms with Gasteiger partial charge in [0.1, 0.15) is 0 Å². The molecule has 1 aromatic heterocycles. The second-order valence-corrected chi connectivity index (χ2v) is 5.19. The summed E-state index contributed by atoms with van der Waals surface area (Å²) in [4.78, 5) is 18.7. The van der Waals surface area contributed by atoms with Gasteiger partial charge in [0.25, 0.3) is 0 Å². The molecule has 2 heterocycles. The zero-order valence-electron chi connectivity index (χ0n) is 12.2. The van der Waals surface area contributed by atoms with Gasteiger partial charge in [0.2, 0.25) is 11.8 Å². The summed E-state index contributed by atoms with van der Waals surface area (Å²) < 4.78 is 5.18. The predicted molar refractivity (Wildman–Crippen MR) is 77.4 cm³/mol. The number of amides is 1. The van der Waals surface area contributed by atoms with Crippen molar-refractivity contribution >= 4 is 5.91 Å². The Morgan fingerprint density at radius 1 is 1.50 bits per heavy atom. The number of aromatic nitrogens is 1. The standard InChI is InChI=1S/C15H23N3O2/c1-3-10-18-14(19)9-4-6-11(16)15(18)12-7-5-8-13(17-12)20-2/h5,7-8,11,15H,3-4,6,9-10,16H2,1-2H3. The van der Waals surface area contributed by atoms with Crippen molar-refractivity contribution in [2.45, 2.75) is 44.7 Å². The van der Waals surface area contributed by atoms with Gasteiger partial charge in [0.15, 0.2) is 0 Å². The summed E-state index contributed by atoms with van der Waals surface area (Å²) in [5, 5.41) is 0. The van der Waals surface area contributed by atoms with Crippen molar-refractivity contribution in [1.29, 1.82) is 0 Å². The molecule has 2 atom stereocenters. The first kappa shape index (κ1) is 14.8. The molecule has 1 fully saturated rings. The van der Waals surface area contributed by atoms with Crippen LogP contribution in [0.15, 0.2) is 18.2 Å². The average Bonchev–Trinajstić information content (AvgIpc) is 2.59. The molecule has 20 heavy (non-hydrogen) atoms. The topological polar surface area (TPSA) is 68.5 Å². The Hall–Kier alpha value is -1.62. The molecule has 5 heteroatoms. The molecule has 0 aromatic carbocycles. The van der Waals surface area contributed by atoms with Gasteiger partial charge in [0, 0.05) is 25.1 Å². The lowest BCUT2D eigenvalue weighted by atomic mass is 10.0. The maximum absolute atomic E-state index is 12.3. The minimum absolute atomic E-state index is 0.0763. The molecule has 5 nitrogen and oxygen atoms in total. The molecule has 1 aliphatic rings. The van der Waals surface area contributed by atoms with E-state index in [0.29, 0.717) is 12.3 Å². The summed E-state index contributed by atoms with van der Waals surface area (Å²) in [6.07, 6.45) is 3.18. The van der Waals surface area contributed by atoms with Crippen LogP contribution in [-0.4, -0.2) is 35.5 Å². The van der Waals surface area contributed by atoms with Gasteiger partial charge in [0.05, 0.1) is 18.8 Å². The first-order valence-corrected chi connectivity index (χ1v) is 7.23. The smallest absolute Gasteiger partial charge is 0.223 e. The van der Waals surface area contributed by atoms with Crippen molar-refractivity contribution < 1.29 is 9.53 Å². The van der Waals surface area contributed by atoms with Gasteiger partial charge in [-0.3, -0.25) is 4.79 Å². The third-order valence-corrected chi connectivity index (χ3v) is 3.71. The van der Waals surface area contributed by atoms with Gasteiger partial charge in [-0.1, -0.05) is 13.0 Å². The molecule has 1 saturated heterocycles. The van der Waals surface area contributed by atoms with Crippen LogP contribution in [0.5, 0.6) is 5.88 Å². The zero-order chi connectivity index (χ0) is 14.5. The highest BCUT2D eigenvalue weighted by Gasteiger charge is 2.33. The van der Waals surface area contributed by atoms with E-state index in [1.807, 2.05) is 17.0 Å². The highest BCUT2D eigenvalue weighted by Crippen LogP contribution is 2.30. The second-order valence-electron chi connectivity index (χ2n) is 5.19. The van der Waals surface area contributed by atoms with Crippen molar-refractivity contribution in [2.24, 2.45) is 5.73 Å². The van der Waals surface area contributed by atoms with Crippen LogP contribution in [0.4, 0.5) is 0 Å². The second kappa shape index (κ2) is 6.70. The number of likely N-dealkylation sites (tertiary alicyclic amines) is 1. The van der Waals surface area contributed by atoms with E-state index < -0.39 is 0 Å². The number of methoxy groups -OCH3 is 1. The van der Waals surface area contributed by atoms with Crippen molar-refractivity contribution in [2.75, 3.05) is 13.7 Å². The number of nitrogens with two attached hydrogens (primary N) is 1. The molecule has 110 valence electrons. The van der Waals surface area contributed by atoms with Crippen LogP contribution in [-0.2, 0) is 4.79 Å². The van der Waals surface area contributed by atoms with Crippen molar-refractivity contribution in [1.82, 2.24) is 9.88 Å². The monoisotopic (exact) mass is 277 g/mol. The van der Waals surface area contributed by atoms with E-state index >= 15 is 0 Å². The number of hydrogen-bond acceptors (Lipinski definition) is 4. The molecule has 1 aromatic rings. The molecule has 2 unspecified atom stereocenters. The van der Waals surface area contributed by atoms with E-state index in [0.717, 1.165) is 31.5 Å². The van der Waals surface area contributed by atoms with Gasteiger partial charge < -0.3 is 15.4 Å². The molecule has 0 bridgehead atoms. The number of ether oxygens (including phenoxy) is 1. The molecule has 0 spiro atoms. The predicted octanol–water partition coefficient (Wildman–Crippen LogP) is 1.88. The largest absolute Gasteiger partial charge is 0.481 e. The van der Waals surface area contributed by atoms with Gasteiger partial charge in [-0.15, -0.1) is 0 Å². The van der Waals surface area contributed by atoms with E-state index in [2.05, 4.69) is 11.9 Å². The van der Waals surface area contributed by atoms with Crippen LogP contribution in [0.2, 0.25) is 0 Å². The molecule has 1 aliphatic heterocycles. The summed E-state index contributed by atoms with van der Waals surface area (Å²) in [6.45, 7) is 2.79. The third-order valence-electron chi connectivity index (χ3n) is 3.71. The lowest BCUT2D eigenvalue weighted by Crippen LogP contribution is -2.43. The number of nitrogens with zero attached hydrogens (tertiary/aromatic N) is 2. The molecule has 2 N–H and O–H groups in total. The molecule has 0 saturated carbocycles. The Balaban J connectivity index is 2.37. The fraction of sp³-hybridized carbons (Fsp3) is 0.600. The summed E-state index contributed by atoms with van der Waals surface area (Å²) >= 11 is 0. The molecule has 2 rings (SSSR count). The maximum atomic E-state index is 12.3. The summed E-state index contributed by atoms with van der Waals surface area (Å²) in [6, 6.07) is 5.40. The SMILES string of the molecule is CCCN1C(=O)CCCC(N)C1c1cccc(OC)n1.